The summed E-state index contributed by atoms with van der Waals surface area (Å²) in [5.41, 5.74) is 2.52. The molecule has 1 aromatic carbocycles. The van der Waals surface area contributed by atoms with E-state index in [0.717, 1.165) is 16.6 Å². The van der Waals surface area contributed by atoms with E-state index >= 15 is 0 Å². The minimum absolute atomic E-state index is 0.308. The van der Waals surface area contributed by atoms with Gasteiger partial charge in [0.15, 0.2) is 4.77 Å². The molecule has 0 amide bonds. The Labute approximate surface area is 115 Å². The van der Waals surface area contributed by atoms with Gasteiger partial charge in [-0.05, 0) is 40.3 Å². The quantitative estimate of drug-likeness (QED) is 0.714. The maximum absolute atomic E-state index is 13.6. The number of nitrogens with one attached hydrogen (secondary N) is 1. The highest BCUT2D eigenvalue weighted by molar-refractivity contribution is 9.10. The number of halogens is 2. The lowest BCUT2D eigenvalue weighted by Gasteiger charge is -2.02. The third-order valence-corrected chi connectivity index (χ3v) is 3.67. The van der Waals surface area contributed by atoms with Crippen LogP contribution in [0.4, 0.5) is 4.39 Å². The molecule has 0 radical (unpaired) electrons. The molecule has 6 heteroatoms. The lowest BCUT2D eigenvalue weighted by atomic mass is 10.3. The van der Waals surface area contributed by atoms with E-state index in [0.29, 0.717) is 15.8 Å². The van der Waals surface area contributed by atoms with Crippen LogP contribution in [0.5, 0.6) is 0 Å². The number of furan rings is 1. The fourth-order valence-corrected chi connectivity index (χ4v) is 2.49. The summed E-state index contributed by atoms with van der Waals surface area (Å²) in [6, 6.07) is 5.01. The third-order valence-electron chi connectivity index (χ3n) is 2.74. The first-order chi connectivity index (χ1) is 8.65. The molecule has 3 nitrogen and oxygen atoms in total. The van der Waals surface area contributed by atoms with E-state index < -0.39 is 0 Å². The zero-order valence-electron chi connectivity index (χ0n) is 9.11. The van der Waals surface area contributed by atoms with Crippen LogP contribution >= 0.6 is 28.1 Å². The van der Waals surface area contributed by atoms with E-state index in [1.807, 2.05) is 10.6 Å². The molecule has 3 aromatic rings. The van der Waals surface area contributed by atoms with Crippen molar-refractivity contribution in [2.75, 3.05) is 0 Å². The Bertz CT molecular complexity index is 760. The first-order valence-corrected chi connectivity index (χ1v) is 6.44. The van der Waals surface area contributed by atoms with Gasteiger partial charge in [-0.2, -0.15) is 0 Å². The molecule has 0 spiro atoms. The van der Waals surface area contributed by atoms with Gasteiger partial charge >= 0.3 is 0 Å². The normalized spacial score (nSPS) is 11.2. The van der Waals surface area contributed by atoms with E-state index in [1.54, 1.807) is 18.6 Å². The van der Waals surface area contributed by atoms with Crippen LogP contribution in [0.2, 0.25) is 0 Å². The van der Waals surface area contributed by atoms with Crippen LogP contribution in [0.15, 0.2) is 39.6 Å². The highest BCUT2D eigenvalue weighted by atomic mass is 79.9. The van der Waals surface area contributed by atoms with Gasteiger partial charge in [-0.15, -0.1) is 0 Å². The lowest BCUT2D eigenvalue weighted by Crippen LogP contribution is -1.98. The molecular weight excluding hydrogens is 319 g/mol. The molecule has 0 unspecified atom stereocenters. The smallest absolute Gasteiger partial charge is 0.178 e. The molecule has 3 rings (SSSR count). The fraction of sp³-hybridized carbons (Fsp3) is 0.0833. The van der Waals surface area contributed by atoms with Crippen molar-refractivity contribution in [2.24, 2.45) is 0 Å². The molecule has 18 heavy (non-hydrogen) atoms. The Kier molecular flexibility index (Phi) is 2.83. The van der Waals surface area contributed by atoms with Gasteiger partial charge in [-0.25, -0.2) is 4.39 Å². The van der Waals surface area contributed by atoms with Gasteiger partial charge in [-0.3, -0.25) is 0 Å². The first kappa shape index (κ1) is 11.7. The van der Waals surface area contributed by atoms with Crippen molar-refractivity contribution >= 4 is 39.2 Å². The Morgan fingerprint density at radius 2 is 2.28 bits per heavy atom. The van der Waals surface area contributed by atoms with Crippen molar-refractivity contribution in [3.8, 4) is 0 Å². The Morgan fingerprint density at radius 3 is 3.00 bits per heavy atom. The Morgan fingerprint density at radius 1 is 1.44 bits per heavy atom. The monoisotopic (exact) mass is 326 g/mol. The second-order valence-corrected chi connectivity index (χ2v) is 5.17. The SMILES string of the molecule is Fc1cc2c(cc1Br)[nH]c(=S)n2Cc1ccoc1. The van der Waals surface area contributed by atoms with E-state index in [-0.39, 0.29) is 5.82 Å². The summed E-state index contributed by atoms with van der Waals surface area (Å²) in [6.45, 7) is 0.552. The third kappa shape index (κ3) is 1.91. The molecule has 2 heterocycles. The van der Waals surface area contributed by atoms with Crippen LogP contribution in [0, 0.1) is 10.6 Å². The molecule has 0 bridgehead atoms. The van der Waals surface area contributed by atoms with Crippen LogP contribution in [-0.4, -0.2) is 9.55 Å². The van der Waals surface area contributed by atoms with Gasteiger partial charge in [0, 0.05) is 11.6 Å². The average molecular weight is 327 g/mol. The van der Waals surface area contributed by atoms with Crippen LogP contribution in [0.3, 0.4) is 0 Å². The summed E-state index contributed by atoms with van der Waals surface area (Å²) in [5, 5.41) is 0. The van der Waals surface area contributed by atoms with Gasteiger partial charge in [0.25, 0.3) is 0 Å². The number of aromatic nitrogens is 2. The number of hydrogen-bond acceptors (Lipinski definition) is 2. The van der Waals surface area contributed by atoms with Crippen LogP contribution in [0.25, 0.3) is 11.0 Å². The van der Waals surface area contributed by atoms with Crippen LogP contribution < -0.4 is 0 Å². The van der Waals surface area contributed by atoms with E-state index in [1.165, 1.54) is 6.07 Å². The molecule has 0 saturated carbocycles. The molecule has 2 aromatic heterocycles. The van der Waals surface area contributed by atoms with Crippen molar-refractivity contribution in [1.82, 2.24) is 9.55 Å². The molecule has 0 fully saturated rings. The molecule has 92 valence electrons. The van der Waals surface area contributed by atoms with Gasteiger partial charge in [-0.1, -0.05) is 0 Å². The van der Waals surface area contributed by atoms with E-state index in [2.05, 4.69) is 20.9 Å². The second kappa shape index (κ2) is 4.37. The summed E-state index contributed by atoms with van der Waals surface area (Å²) in [5.74, 6) is -0.308. The lowest BCUT2D eigenvalue weighted by molar-refractivity contribution is 0.562. The van der Waals surface area contributed by atoms with Crippen molar-refractivity contribution in [3.63, 3.8) is 0 Å². The van der Waals surface area contributed by atoms with Crippen LogP contribution in [-0.2, 0) is 6.54 Å². The maximum atomic E-state index is 13.6. The van der Waals surface area contributed by atoms with E-state index in [9.17, 15) is 4.39 Å². The molecule has 0 aliphatic carbocycles. The number of hydrogen-bond donors (Lipinski definition) is 1. The zero-order chi connectivity index (χ0) is 12.7. The summed E-state index contributed by atoms with van der Waals surface area (Å²) in [4.78, 5) is 3.06. The summed E-state index contributed by atoms with van der Waals surface area (Å²) < 4.78 is 21.4. The minimum Gasteiger partial charge on any atom is -0.472 e. The number of nitrogens with zero attached hydrogens (tertiary/aromatic N) is 1. The minimum atomic E-state index is -0.308. The van der Waals surface area contributed by atoms with Gasteiger partial charge in [0.1, 0.15) is 5.82 Å². The summed E-state index contributed by atoms with van der Waals surface area (Å²) in [6.07, 6.45) is 3.25. The second-order valence-electron chi connectivity index (χ2n) is 3.93. The Balaban J connectivity index is 2.19. The number of fused-ring (bicyclic) bond motifs is 1. The zero-order valence-corrected chi connectivity index (χ0v) is 11.5. The van der Waals surface area contributed by atoms with Crippen molar-refractivity contribution in [3.05, 3.63) is 51.3 Å². The number of benzene rings is 1. The highest BCUT2D eigenvalue weighted by Crippen LogP contribution is 2.23. The molecule has 0 saturated heterocycles. The molecular formula is C12H8BrFN2OS. The van der Waals surface area contributed by atoms with Crippen LogP contribution in [0.1, 0.15) is 5.56 Å². The van der Waals surface area contributed by atoms with Gasteiger partial charge in [0.05, 0.1) is 34.6 Å². The molecule has 1 N–H and O–H groups in total. The standard InChI is InChI=1S/C12H8BrFN2OS/c13-8-3-10-11(4-9(8)14)16(12(18)15-10)5-7-1-2-17-6-7/h1-4,6H,5H2,(H,15,18). The van der Waals surface area contributed by atoms with Gasteiger partial charge in [0.2, 0.25) is 0 Å². The van der Waals surface area contributed by atoms with Crippen molar-refractivity contribution < 1.29 is 8.81 Å². The predicted molar refractivity (Wildman–Crippen MR) is 72.6 cm³/mol. The molecule has 0 aliphatic heterocycles. The number of imidazole rings is 1. The number of rotatable bonds is 2. The fourth-order valence-electron chi connectivity index (χ4n) is 1.87. The molecule has 0 aliphatic rings. The predicted octanol–water partition coefficient (Wildman–Crippen LogP) is 4.24. The Hall–Kier alpha value is -1.40. The number of aromatic amines is 1. The summed E-state index contributed by atoms with van der Waals surface area (Å²) in [7, 11) is 0. The molecule has 0 atom stereocenters. The maximum Gasteiger partial charge on any atom is 0.178 e. The highest BCUT2D eigenvalue weighted by Gasteiger charge is 2.09. The summed E-state index contributed by atoms with van der Waals surface area (Å²) >= 11 is 8.41. The van der Waals surface area contributed by atoms with Crippen molar-refractivity contribution in [1.29, 1.82) is 0 Å². The topological polar surface area (TPSA) is 33.9 Å². The largest absolute Gasteiger partial charge is 0.472 e. The first-order valence-electron chi connectivity index (χ1n) is 5.24. The average Bonchev–Trinajstić information content (AvgIpc) is 2.92. The van der Waals surface area contributed by atoms with E-state index in [4.69, 9.17) is 16.6 Å². The number of H-pyrrole nitrogens is 1. The van der Waals surface area contributed by atoms with Gasteiger partial charge < -0.3 is 14.0 Å². The van der Waals surface area contributed by atoms with Crippen molar-refractivity contribution in [2.45, 2.75) is 6.54 Å².